The number of hydrogen-bond donors (Lipinski definition) is 4. The highest BCUT2D eigenvalue weighted by Crippen LogP contribution is 2.41. The second-order valence-corrected chi connectivity index (χ2v) is 13.5. The third kappa shape index (κ3) is 9.85. The number of methoxy groups -OCH3 is 1. The number of aliphatic hydroxyl groups excluding tert-OH is 1. The summed E-state index contributed by atoms with van der Waals surface area (Å²) in [6.45, 7) is 1.98. The van der Waals surface area contributed by atoms with Crippen molar-refractivity contribution in [1.29, 1.82) is 0 Å². The van der Waals surface area contributed by atoms with E-state index in [2.05, 4.69) is 16.0 Å². The number of benzene rings is 3. The van der Waals surface area contributed by atoms with Crippen LogP contribution in [-0.2, 0) is 33.8 Å². The molecule has 0 spiro atoms. The van der Waals surface area contributed by atoms with E-state index in [1.165, 1.54) is 24.0 Å². The van der Waals surface area contributed by atoms with Crippen molar-refractivity contribution in [2.24, 2.45) is 5.92 Å². The molecular weight excluding hydrogens is 649 g/mol. The third-order valence-corrected chi connectivity index (χ3v) is 9.48. The third-order valence-electron chi connectivity index (χ3n) is 9.48. The Morgan fingerprint density at radius 1 is 0.980 bits per heavy atom. The van der Waals surface area contributed by atoms with Gasteiger partial charge < -0.3 is 30.7 Å². The lowest BCUT2D eigenvalue weighted by molar-refractivity contribution is -0.143. The zero-order valence-corrected chi connectivity index (χ0v) is 28.4. The zero-order valence-electron chi connectivity index (χ0n) is 28.4. The summed E-state index contributed by atoms with van der Waals surface area (Å²) in [5, 5.41) is 20.4. The van der Waals surface area contributed by atoms with Crippen molar-refractivity contribution in [3.8, 4) is 5.75 Å². The zero-order chi connectivity index (χ0) is 35.8. The molecule has 0 bridgehead atoms. The predicted molar refractivity (Wildman–Crippen MR) is 181 cm³/mol. The molecule has 1 aliphatic heterocycles. The molecule has 2 fully saturated rings. The highest BCUT2D eigenvalue weighted by atomic mass is 19.1. The lowest BCUT2D eigenvalue weighted by atomic mass is 9.90. The van der Waals surface area contributed by atoms with E-state index in [-0.39, 0.29) is 43.3 Å². The predicted octanol–water partition coefficient (Wildman–Crippen LogP) is 4.20. The monoisotopic (exact) mass is 694 g/mol. The number of rotatable bonds is 17. The van der Waals surface area contributed by atoms with E-state index in [4.69, 9.17) is 4.74 Å². The van der Waals surface area contributed by atoms with Crippen molar-refractivity contribution in [2.45, 2.75) is 82.1 Å². The summed E-state index contributed by atoms with van der Waals surface area (Å²) in [5.41, 5.74) is 0.764. The van der Waals surface area contributed by atoms with Gasteiger partial charge in [0, 0.05) is 32.6 Å². The molecule has 1 heterocycles. The maximum Gasteiger partial charge on any atom is 0.249 e. The van der Waals surface area contributed by atoms with Gasteiger partial charge in [0.05, 0.1) is 19.3 Å². The van der Waals surface area contributed by atoms with Crippen molar-refractivity contribution in [3.05, 3.63) is 101 Å². The Hall–Kier alpha value is -4.42. The number of halogens is 3. The maximum atomic E-state index is 14.3. The lowest BCUT2D eigenvalue weighted by Gasteiger charge is -2.33. The van der Waals surface area contributed by atoms with Gasteiger partial charge in [-0.2, -0.15) is 0 Å². The number of likely N-dealkylation sites (tertiary alicyclic amines) is 1. The lowest BCUT2D eigenvalue weighted by Crippen LogP contribution is -2.59. The second-order valence-electron chi connectivity index (χ2n) is 13.5. The van der Waals surface area contributed by atoms with Crippen LogP contribution in [0, 0.1) is 23.4 Å². The minimum absolute atomic E-state index is 0.0237. The SMILES string of the molecule is COc1cccc(CNC[C@@H](O)[C@H](Cc2cc(F)cc(F)c2)NC(=O)[C@H](CCc2ccc(F)cc2)N2CC[C@](CC3CC3)(NC(C)=O)C2=O)c1. The molecule has 2 aliphatic rings. The Morgan fingerprint density at radius 3 is 2.36 bits per heavy atom. The van der Waals surface area contributed by atoms with Crippen LogP contribution < -0.4 is 20.7 Å². The highest BCUT2D eigenvalue weighted by molar-refractivity contribution is 5.96. The summed E-state index contributed by atoms with van der Waals surface area (Å²) in [6, 6.07) is 14.3. The van der Waals surface area contributed by atoms with E-state index >= 15 is 0 Å². The Balaban J connectivity index is 1.38. The second kappa shape index (κ2) is 16.5. The quantitative estimate of drug-likeness (QED) is 0.168. The smallest absolute Gasteiger partial charge is 0.249 e. The minimum atomic E-state index is -1.20. The van der Waals surface area contributed by atoms with Crippen LogP contribution >= 0.6 is 0 Å². The molecule has 4 N–H and O–H groups in total. The number of aliphatic hydroxyl groups is 1. The molecule has 9 nitrogen and oxygen atoms in total. The fourth-order valence-corrected chi connectivity index (χ4v) is 6.82. The number of carbonyl (C=O) groups excluding carboxylic acids is 3. The molecule has 0 radical (unpaired) electrons. The van der Waals surface area contributed by atoms with Gasteiger partial charge in [-0.15, -0.1) is 0 Å². The van der Waals surface area contributed by atoms with Crippen molar-refractivity contribution >= 4 is 17.7 Å². The van der Waals surface area contributed by atoms with Crippen LogP contribution in [0.15, 0.2) is 66.7 Å². The number of aryl methyl sites for hydroxylation is 1. The first-order valence-electron chi connectivity index (χ1n) is 17.1. The summed E-state index contributed by atoms with van der Waals surface area (Å²) in [7, 11) is 1.56. The first-order valence-corrected chi connectivity index (χ1v) is 17.1. The van der Waals surface area contributed by atoms with Gasteiger partial charge in [0.2, 0.25) is 17.7 Å². The van der Waals surface area contributed by atoms with Crippen molar-refractivity contribution in [3.63, 3.8) is 0 Å². The van der Waals surface area contributed by atoms with Gasteiger partial charge in [-0.25, -0.2) is 13.2 Å². The molecule has 5 rings (SSSR count). The molecule has 3 aromatic rings. The van der Waals surface area contributed by atoms with Crippen LogP contribution in [0.25, 0.3) is 0 Å². The molecular formula is C38H45F3N4O5. The Labute approximate surface area is 290 Å². The van der Waals surface area contributed by atoms with E-state index in [1.807, 2.05) is 24.3 Å². The van der Waals surface area contributed by atoms with Crippen LogP contribution in [0.2, 0.25) is 0 Å². The molecule has 3 aromatic carbocycles. The van der Waals surface area contributed by atoms with Gasteiger partial charge in [-0.3, -0.25) is 14.4 Å². The van der Waals surface area contributed by atoms with E-state index in [1.54, 1.807) is 19.2 Å². The van der Waals surface area contributed by atoms with Crippen LogP contribution in [0.1, 0.15) is 55.7 Å². The molecule has 0 unspecified atom stereocenters. The number of hydrogen-bond acceptors (Lipinski definition) is 6. The number of amides is 3. The number of nitrogens with one attached hydrogen (secondary N) is 3. The van der Waals surface area contributed by atoms with Crippen LogP contribution in [-0.4, -0.2) is 71.7 Å². The van der Waals surface area contributed by atoms with E-state index in [0.717, 1.165) is 42.2 Å². The molecule has 0 aromatic heterocycles. The van der Waals surface area contributed by atoms with Crippen molar-refractivity contribution in [1.82, 2.24) is 20.9 Å². The Bertz CT molecular complexity index is 1630. The fourth-order valence-electron chi connectivity index (χ4n) is 6.82. The number of ether oxygens (including phenoxy) is 1. The Kier molecular flexibility index (Phi) is 12.2. The van der Waals surface area contributed by atoms with E-state index in [0.29, 0.717) is 37.5 Å². The molecule has 268 valence electrons. The molecule has 12 heteroatoms. The first kappa shape index (κ1) is 36.9. The van der Waals surface area contributed by atoms with E-state index < -0.39 is 47.1 Å². The minimum Gasteiger partial charge on any atom is -0.497 e. The average Bonchev–Trinajstić information content (AvgIpc) is 3.83. The van der Waals surface area contributed by atoms with Gasteiger partial charge in [0.1, 0.15) is 34.8 Å². The van der Waals surface area contributed by atoms with Gasteiger partial charge in [-0.1, -0.05) is 37.1 Å². The molecule has 4 atom stereocenters. The standard InChI is InChI=1S/C38H45F3N4O5/c1-24(46)44-38(21-26-6-7-26)14-15-45(37(38)49)34(13-10-25-8-11-29(39)12-9-25)36(48)43-33(19-28-16-30(40)20-31(41)17-28)35(47)23-42-22-27-4-3-5-32(18-27)50-2/h3-5,8-9,11-12,16-18,20,26,33-35,42,47H,6-7,10,13-15,19,21-23H2,1-2H3,(H,43,48)(H,44,46)/t33-,34-,35+,38+/m0/s1. The molecule has 1 aliphatic carbocycles. The summed E-state index contributed by atoms with van der Waals surface area (Å²) in [4.78, 5) is 42.2. The topological polar surface area (TPSA) is 120 Å². The van der Waals surface area contributed by atoms with Crippen LogP contribution in [0.4, 0.5) is 13.2 Å². The Morgan fingerprint density at radius 2 is 1.70 bits per heavy atom. The molecule has 1 saturated carbocycles. The molecule has 1 saturated heterocycles. The first-order chi connectivity index (χ1) is 23.9. The van der Waals surface area contributed by atoms with Crippen LogP contribution in [0.5, 0.6) is 5.75 Å². The van der Waals surface area contributed by atoms with Crippen LogP contribution in [0.3, 0.4) is 0 Å². The fraction of sp³-hybridized carbons (Fsp3) is 0.447. The molecule has 3 amide bonds. The number of nitrogens with zero attached hydrogens (tertiary/aromatic N) is 1. The van der Waals surface area contributed by atoms with Gasteiger partial charge in [-0.05, 0) is 91.1 Å². The normalized spacial score (nSPS) is 19.2. The highest BCUT2D eigenvalue weighted by Gasteiger charge is 2.52. The largest absolute Gasteiger partial charge is 0.497 e. The number of carbonyl (C=O) groups is 3. The summed E-state index contributed by atoms with van der Waals surface area (Å²) in [6.07, 6.45) is 1.97. The molecule has 50 heavy (non-hydrogen) atoms. The summed E-state index contributed by atoms with van der Waals surface area (Å²) < 4.78 is 47.3. The van der Waals surface area contributed by atoms with Gasteiger partial charge in [0.25, 0.3) is 0 Å². The van der Waals surface area contributed by atoms with Crippen molar-refractivity contribution < 1.29 is 37.4 Å². The summed E-state index contributed by atoms with van der Waals surface area (Å²) in [5.74, 6) is -2.23. The van der Waals surface area contributed by atoms with E-state index in [9.17, 15) is 32.7 Å². The maximum absolute atomic E-state index is 14.3. The van der Waals surface area contributed by atoms with Gasteiger partial charge in [0.15, 0.2) is 0 Å². The summed E-state index contributed by atoms with van der Waals surface area (Å²) >= 11 is 0. The van der Waals surface area contributed by atoms with Gasteiger partial charge >= 0.3 is 0 Å². The van der Waals surface area contributed by atoms with Crippen molar-refractivity contribution in [2.75, 3.05) is 20.2 Å². The average molecular weight is 695 g/mol.